The minimum absolute atomic E-state index is 0.794. The quantitative estimate of drug-likeness (QED) is 0.753. The molecule has 1 heterocycles. The standard InChI is InChI=1S/C14H18N4/c1-4-13-14(18-8-7-17-13)9-11(1)10-15-5-6-16-12-2-3-12/h1,4,7-9,12,15-16H,2-3,5-6,10H2. The maximum atomic E-state index is 4.32. The van der Waals surface area contributed by atoms with Crippen molar-refractivity contribution in [2.75, 3.05) is 13.1 Å². The molecule has 1 aromatic heterocycles. The predicted molar refractivity (Wildman–Crippen MR) is 72.3 cm³/mol. The van der Waals surface area contributed by atoms with Gasteiger partial charge in [0.05, 0.1) is 11.0 Å². The Bertz CT molecular complexity index is 522. The summed E-state index contributed by atoms with van der Waals surface area (Å²) in [6.07, 6.45) is 6.16. The molecule has 2 aromatic rings. The Morgan fingerprint density at radius 3 is 2.72 bits per heavy atom. The van der Waals surface area contributed by atoms with Crippen molar-refractivity contribution in [2.24, 2.45) is 0 Å². The molecule has 0 unspecified atom stereocenters. The third-order valence-electron chi connectivity index (χ3n) is 3.17. The molecule has 4 nitrogen and oxygen atoms in total. The first kappa shape index (κ1) is 11.6. The fourth-order valence-electron chi connectivity index (χ4n) is 2.00. The summed E-state index contributed by atoms with van der Waals surface area (Å²) in [5.74, 6) is 0. The van der Waals surface area contributed by atoms with Crippen LogP contribution in [0.2, 0.25) is 0 Å². The average Bonchev–Trinajstić information content (AvgIpc) is 3.22. The molecule has 0 atom stereocenters. The Kier molecular flexibility index (Phi) is 3.48. The molecule has 0 spiro atoms. The van der Waals surface area contributed by atoms with E-state index in [-0.39, 0.29) is 0 Å². The Hall–Kier alpha value is -1.52. The van der Waals surface area contributed by atoms with Gasteiger partial charge in [0.15, 0.2) is 0 Å². The van der Waals surface area contributed by atoms with Crippen LogP contribution in [0.4, 0.5) is 0 Å². The highest BCUT2D eigenvalue weighted by atomic mass is 15.0. The molecule has 1 aliphatic carbocycles. The zero-order chi connectivity index (χ0) is 12.2. The molecule has 1 aromatic carbocycles. The number of hydrogen-bond donors (Lipinski definition) is 2. The van der Waals surface area contributed by atoms with Crippen LogP contribution in [-0.4, -0.2) is 29.1 Å². The molecule has 3 rings (SSSR count). The van der Waals surface area contributed by atoms with Crippen LogP contribution in [0.15, 0.2) is 30.6 Å². The molecule has 0 aliphatic heterocycles. The predicted octanol–water partition coefficient (Wildman–Crippen LogP) is 1.47. The van der Waals surface area contributed by atoms with E-state index in [0.717, 1.165) is 36.7 Å². The first-order valence-corrected chi connectivity index (χ1v) is 6.55. The van der Waals surface area contributed by atoms with Crippen molar-refractivity contribution in [3.05, 3.63) is 36.2 Å². The molecule has 0 amide bonds. The Balaban J connectivity index is 1.50. The second kappa shape index (κ2) is 5.42. The van der Waals surface area contributed by atoms with Crippen LogP contribution in [0.5, 0.6) is 0 Å². The summed E-state index contributed by atoms with van der Waals surface area (Å²) in [5, 5.41) is 6.93. The van der Waals surface area contributed by atoms with E-state index in [2.05, 4.69) is 32.7 Å². The first-order chi connectivity index (χ1) is 8.92. The van der Waals surface area contributed by atoms with E-state index in [1.807, 2.05) is 6.07 Å². The monoisotopic (exact) mass is 242 g/mol. The minimum Gasteiger partial charge on any atom is -0.313 e. The van der Waals surface area contributed by atoms with Gasteiger partial charge in [-0.05, 0) is 30.5 Å². The van der Waals surface area contributed by atoms with Gasteiger partial charge in [-0.25, -0.2) is 0 Å². The van der Waals surface area contributed by atoms with Crippen LogP contribution in [-0.2, 0) is 6.54 Å². The minimum atomic E-state index is 0.794. The fourth-order valence-corrected chi connectivity index (χ4v) is 2.00. The van der Waals surface area contributed by atoms with Crippen molar-refractivity contribution in [3.63, 3.8) is 0 Å². The summed E-state index contributed by atoms with van der Waals surface area (Å²) in [6.45, 7) is 2.95. The molecule has 2 N–H and O–H groups in total. The van der Waals surface area contributed by atoms with Crippen LogP contribution in [0, 0.1) is 0 Å². The largest absolute Gasteiger partial charge is 0.313 e. The maximum Gasteiger partial charge on any atom is 0.0890 e. The number of nitrogens with zero attached hydrogens (tertiary/aromatic N) is 2. The Morgan fingerprint density at radius 1 is 1.06 bits per heavy atom. The van der Waals surface area contributed by atoms with Crippen molar-refractivity contribution < 1.29 is 0 Å². The molecule has 1 aliphatic rings. The fraction of sp³-hybridized carbons (Fsp3) is 0.429. The van der Waals surface area contributed by atoms with Gasteiger partial charge < -0.3 is 10.6 Å². The van der Waals surface area contributed by atoms with Crippen LogP contribution in [0.1, 0.15) is 18.4 Å². The van der Waals surface area contributed by atoms with Gasteiger partial charge in [-0.3, -0.25) is 9.97 Å². The number of benzene rings is 1. The van der Waals surface area contributed by atoms with Gasteiger partial charge in [0, 0.05) is 38.1 Å². The van der Waals surface area contributed by atoms with Crippen LogP contribution in [0.25, 0.3) is 11.0 Å². The lowest BCUT2D eigenvalue weighted by atomic mass is 10.2. The van der Waals surface area contributed by atoms with Gasteiger partial charge in [0.25, 0.3) is 0 Å². The summed E-state index contributed by atoms with van der Waals surface area (Å²) in [5.41, 5.74) is 3.18. The van der Waals surface area contributed by atoms with E-state index >= 15 is 0 Å². The lowest BCUT2D eigenvalue weighted by Gasteiger charge is -2.06. The second-order valence-corrected chi connectivity index (χ2v) is 4.78. The van der Waals surface area contributed by atoms with E-state index in [4.69, 9.17) is 0 Å². The molecular weight excluding hydrogens is 224 g/mol. The van der Waals surface area contributed by atoms with Gasteiger partial charge in [0.1, 0.15) is 0 Å². The maximum absolute atomic E-state index is 4.32. The highest BCUT2D eigenvalue weighted by Gasteiger charge is 2.19. The van der Waals surface area contributed by atoms with E-state index < -0.39 is 0 Å². The average molecular weight is 242 g/mol. The van der Waals surface area contributed by atoms with Crippen LogP contribution >= 0.6 is 0 Å². The van der Waals surface area contributed by atoms with Gasteiger partial charge in [-0.2, -0.15) is 0 Å². The molecule has 1 fully saturated rings. The number of nitrogens with one attached hydrogen (secondary N) is 2. The van der Waals surface area contributed by atoms with Crippen molar-refractivity contribution >= 4 is 11.0 Å². The molecule has 1 saturated carbocycles. The Labute approximate surface area is 107 Å². The van der Waals surface area contributed by atoms with Crippen molar-refractivity contribution in [1.82, 2.24) is 20.6 Å². The highest BCUT2D eigenvalue weighted by molar-refractivity contribution is 5.74. The molecule has 0 bridgehead atoms. The van der Waals surface area contributed by atoms with Gasteiger partial charge in [-0.15, -0.1) is 0 Å². The van der Waals surface area contributed by atoms with Crippen LogP contribution in [0.3, 0.4) is 0 Å². The van der Waals surface area contributed by atoms with Crippen molar-refractivity contribution in [3.8, 4) is 0 Å². The molecule has 18 heavy (non-hydrogen) atoms. The SMILES string of the molecule is c1cnc2cc(CNCCNC3CC3)ccc2n1. The lowest BCUT2D eigenvalue weighted by Crippen LogP contribution is -2.28. The van der Waals surface area contributed by atoms with Crippen molar-refractivity contribution in [1.29, 1.82) is 0 Å². The van der Waals surface area contributed by atoms with Gasteiger partial charge in [-0.1, -0.05) is 6.07 Å². The van der Waals surface area contributed by atoms with E-state index in [9.17, 15) is 0 Å². The van der Waals surface area contributed by atoms with E-state index in [1.54, 1.807) is 12.4 Å². The number of aromatic nitrogens is 2. The summed E-state index contributed by atoms with van der Waals surface area (Å²) < 4.78 is 0. The summed E-state index contributed by atoms with van der Waals surface area (Å²) in [6, 6.07) is 7.03. The molecule has 0 radical (unpaired) electrons. The first-order valence-electron chi connectivity index (χ1n) is 6.55. The van der Waals surface area contributed by atoms with Crippen LogP contribution < -0.4 is 10.6 Å². The lowest BCUT2D eigenvalue weighted by molar-refractivity contribution is 0.609. The van der Waals surface area contributed by atoms with Gasteiger partial charge in [0.2, 0.25) is 0 Å². The van der Waals surface area contributed by atoms with Crippen molar-refractivity contribution in [2.45, 2.75) is 25.4 Å². The molecule has 94 valence electrons. The highest BCUT2D eigenvalue weighted by Crippen LogP contribution is 2.17. The zero-order valence-corrected chi connectivity index (χ0v) is 10.4. The van der Waals surface area contributed by atoms with E-state index in [1.165, 1.54) is 18.4 Å². The van der Waals surface area contributed by atoms with E-state index in [0.29, 0.717) is 0 Å². The van der Waals surface area contributed by atoms with Gasteiger partial charge >= 0.3 is 0 Å². The third-order valence-corrected chi connectivity index (χ3v) is 3.17. The summed E-state index contributed by atoms with van der Waals surface area (Å²) >= 11 is 0. The summed E-state index contributed by atoms with van der Waals surface area (Å²) in [7, 11) is 0. The normalized spacial score (nSPS) is 15.1. The number of hydrogen-bond acceptors (Lipinski definition) is 4. The molecule has 4 heteroatoms. The second-order valence-electron chi connectivity index (χ2n) is 4.78. The number of rotatable bonds is 6. The molecular formula is C14H18N4. The molecule has 0 saturated heterocycles. The number of fused-ring (bicyclic) bond motifs is 1. The smallest absolute Gasteiger partial charge is 0.0890 e. The Morgan fingerprint density at radius 2 is 1.89 bits per heavy atom. The third kappa shape index (κ3) is 3.03. The topological polar surface area (TPSA) is 49.8 Å². The summed E-state index contributed by atoms with van der Waals surface area (Å²) in [4.78, 5) is 8.58. The zero-order valence-electron chi connectivity index (χ0n) is 10.4.